The van der Waals surface area contributed by atoms with E-state index in [2.05, 4.69) is 41.4 Å². The molecule has 0 aliphatic rings. The molecule has 26 heavy (non-hydrogen) atoms. The van der Waals surface area contributed by atoms with Gasteiger partial charge >= 0.3 is 0 Å². The molecule has 5 rings (SSSR count). The van der Waals surface area contributed by atoms with Crippen molar-refractivity contribution >= 4 is 43.2 Å². The van der Waals surface area contributed by atoms with Gasteiger partial charge in [-0.2, -0.15) is 10.5 Å². The minimum Gasteiger partial charge on any atom is -0.256 e. The Morgan fingerprint density at radius 1 is 0.615 bits per heavy atom. The fourth-order valence-electron chi connectivity index (χ4n) is 3.73. The van der Waals surface area contributed by atoms with Gasteiger partial charge in [-0.1, -0.05) is 30.3 Å². The van der Waals surface area contributed by atoms with Crippen LogP contribution in [0.4, 0.5) is 0 Å². The molecular formula is C23H11N3. The second kappa shape index (κ2) is 5.28. The summed E-state index contributed by atoms with van der Waals surface area (Å²) in [6, 6.07) is 24.4. The van der Waals surface area contributed by atoms with Gasteiger partial charge in [0.1, 0.15) is 12.1 Å². The van der Waals surface area contributed by atoms with Crippen molar-refractivity contribution in [3.05, 3.63) is 78.0 Å². The second-order valence-corrected chi connectivity index (χ2v) is 6.31. The minimum atomic E-state index is 0.394. The molecule has 118 valence electrons. The third-order valence-electron chi connectivity index (χ3n) is 4.93. The van der Waals surface area contributed by atoms with Crippen LogP contribution >= 0.6 is 0 Å². The number of benzene rings is 4. The first kappa shape index (κ1) is 14.4. The molecule has 0 N–H and O–H groups in total. The predicted molar refractivity (Wildman–Crippen MR) is 104 cm³/mol. The van der Waals surface area contributed by atoms with Crippen molar-refractivity contribution in [2.24, 2.45) is 0 Å². The average Bonchev–Trinajstić information content (AvgIpc) is 2.71. The number of rotatable bonds is 0. The Hall–Kier alpha value is -3.95. The molecule has 0 saturated heterocycles. The summed E-state index contributed by atoms with van der Waals surface area (Å²) in [6.45, 7) is 0. The summed E-state index contributed by atoms with van der Waals surface area (Å²) in [5, 5.41) is 26.2. The van der Waals surface area contributed by atoms with Gasteiger partial charge < -0.3 is 0 Å². The van der Waals surface area contributed by atoms with Crippen molar-refractivity contribution < 1.29 is 0 Å². The Kier molecular flexibility index (Phi) is 2.92. The van der Waals surface area contributed by atoms with Gasteiger partial charge in [0.05, 0.1) is 16.6 Å². The number of aromatic nitrogens is 1. The largest absolute Gasteiger partial charge is 0.256 e. The van der Waals surface area contributed by atoms with Crippen LogP contribution in [0.15, 0.2) is 66.9 Å². The zero-order chi connectivity index (χ0) is 17.7. The van der Waals surface area contributed by atoms with Gasteiger partial charge in [-0.15, -0.1) is 0 Å². The smallest absolute Gasteiger partial charge is 0.101 e. The number of hydrogen-bond acceptors (Lipinski definition) is 3. The molecule has 0 fully saturated rings. The van der Waals surface area contributed by atoms with E-state index in [1.54, 1.807) is 6.20 Å². The Morgan fingerprint density at radius 2 is 1.19 bits per heavy atom. The molecular weight excluding hydrogens is 318 g/mol. The Bertz CT molecular complexity index is 1450. The summed E-state index contributed by atoms with van der Waals surface area (Å²) >= 11 is 0. The molecule has 0 unspecified atom stereocenters. The third-order valence-corrected chi connectivity index (χ3v) is 4.93. The molecule has 0 saturated carbocycles. The molecule has 0 atom stereocenters. The maximum absolute atomic E-state index is 9.45. The van der Waals surface area contributed by atoms with Crippen molar-refractivity contribution in [1.29, 1.82) is 10.5 Å². The summed E-state index contributed by atoms with van der Waals surface area (Å²) in [7, 11) is 0. The number of fused-ring (bicyclic) bond motifs is 7. The molecule has 5 aromatic rings. The van der Waals surface area contributed by atoms with E-state index in [9.17, 15) is 10.5 Å². The molecule has 1 aromatic heterocycles. The molecule has 3 heteroatoms. The van der Waals surface area contributed by atoms with E-state index in [-0.39, 0.29) is 0 Å². The van der Waals surface area contributed by atoms with Gasteiger partial charge in [0, 0.05) is 17.0 Å². The lowest BCUT2D eigenvalue weighted by atomic mass is 9.92. The lowest BCUT2D eigenvalue weighted by molar-refractivity contribution is 1.43. The normalized spacial score (nSPS) is 11.0. The zero-order valence-corrected chi connectivity index (χ0v) is 13.7. The highest BCUT2D eigenvalue weighted by atomic mass is 14.6. The van der Waals surface area contributed by atoms with Crippen LogP contribution in [0.1, 0.15) is 11.1 Å². The van der Waals surface area contributed by atoms with Gasteiger partial charge in [-0.3, -0.25) is 4.98 Å². The van der Waals surface area contributed by atoms with E-state index in [1.807, 2.05) is 36.4 Å². The third kappa shape index (κ3) is 1.89. The Balaban J connectivity index is 2.14. The van der Waals surface area contributed by atoms with Crippen LogP contribution in [0.5, 0.6) is 0 Å². The highest BCUT2D eigenvalue weighted by Crippen LogP contribution is 2.37. The van der Waals surface area contributed by atoms with E-state index in [0.29, 0.717) is 11.1 Å². The monoisotopic (exact) mass is 329 g/mol. The van der Waals surface area contributed by atoms with E-state index in [1.165, 1.54) is 0 Å². The summed E-state index contributed by atoms with van der Waals surface area (Å²) in [4.78, 5) is 4.62. The molecule has 0 spiro atoms. The predicted octanol–water partition coefficient (Wildman–Crippen LogP) is 5.44. The van der Waals surface area contributed by atoms with Crippen molar-refractivity contribution in [1.82, 2.24) is 4.98 Å². The summed E-state index contributed by atoms with van der Waals surface area (Å²) in [5.41, 5.74) is 1.71. The number of nitrogens with zero attached hydrogens (tertiary/aromatic N) is 3. The minimum absolute atomic E-state index is 0.394. The van der Waals surface area contributed by atoms with E-state index < -0.39 is 0 Å². The summed E-state index contributed by atoms with van der Waals surface area (Å²) < 4.78 is 0. The average molecular weight is 329 g/mol. The highest BCUT2D eigenvalue weighted by Gasteiger charge is 2.13. The summed E-state index contributed by atoms with van der Waals surface area (Å²) in [5.74, 6) is 0. The van der Waals surface area contributed by atoms with Gasteiger partial charge in [0.15, 0.2) is 0 Å². The molecule has 0 aliphatic carbocycles. The van der Waals surface area contributed by atoms with Crippen LogP contribution in [0.3, 0.4) is 0 Å². The summed E-state index contributed by atoms with van der Waals surface area (Å²) in [6.07, 6.45) is 1.79. The van der Waals surface area contributed by atoms with Crippen molar-refractivity contribution in [3.8, 4) is 12.1 Å². The molecule has 0 radical (unpaired) electrons. The zero-order valence-electron chi connectivity index (χ0n) is 13.7. The van der Waals surface area contributed by atoms with Crippen LogP contribution in [0, 0.1) is 22.7 Å². The number of pyridine rings is 1. The first-order valence-electron chi connectivity index (χ1n) is 8.27. The highest BCUT2D eigenvalue weighted by molar-refractivity contribution is 6.26. The molecule has 0 aliphatic heterocycles. The number of nitriles is 2. The Labute approximate surface area is 149 Å². The van der Waals surface area contributed by atoms with E-state index in [4.69, 9.17) is 0 Å². The lowest BCUT2D eigenvalue weighted by Crippen LogP contribution is -1.90. The first-order valence-corrected chi connectivity index (χ1v) is 8.27. The van der Waals surface area contributed by atoms with Crippen LogP contribution < -0.4 is 0 Å². The molecule has 4 aromatic carbocycles. The van der Waals surface area contributed by atoms with E-state index in [0.717, 1.165) is 43.2 Å². The van der Waals surface area contributed by atoms with Gasteiger partial charge in [-0.05, 0) is 57.3 Å². The topological polar surface area (TPSA) is 60.5 Å². The first-order chi connectivity index (χ1) is 12.8. The molecule has 0 amide bonds. The molecule has 3 nitrogen and oxygen atoms in total. The van der Waals surface area contributed by atoms with E-state index >= 15 is 0 Å². The standard InChI is InChI=1S/C23H11N3/c24-12-16-10-19-18-6-3-7-26-23(18)22-9-15-5-2-1-4-14(15)8-21(22)20(19)11-17(16)13-25/h1-11H. The van der Waals surface area contributed by atoms with Gasteiger partial charge in [0.2, 0.25) is 0 Å². The van der Waals surface area contributed by atoms with Crippen LogP contribution in [0.25, 0.3) is 43.2 Å². The fourth-order valence-corrected chi connectivity index (χ4v) is 3.73. The molecule has 1 heterocycles. The van der Waals surface area contributed by atoms with Crippen molar-refractivity contribution in [3.63, 3.8) is 0 Å². The quantitative estimate of drug-likeness (QED) is 0.281. The van der Waals surface area contributed by atoms with Crippen molar-refractivity contribution in [2.75, 3.05) is 0 Å². The SMILES string of the molecule is N#Cc1cc2c(cc1C#N)c1cccnc1c1cc3ccccc3cc21. The Morgan fingerprint density at radius 3 is 1.85 bits per heavy atom. The van der Waals surface area contributed by atoms with Crippen LogP contribution in [0.2, 0.25) is 0 Å². The maximum Gasteiger partial charge on any atom is 0.101 e. The van der Waals surface area contributed by atoms with Gasteiger partial charge in [-0.25, -0.2) is 0 Å². The van der Waals surface area contributed by atoms with Crippen LogP contribution in [-0.4, -0.2) is 4.98 Å². The molecule has 0 bridgehead atoms. The fraction of sp³-hybridized carbons (Fsp3) is 0. The second-order valence-electron chi connectivity index (χ2n) is 6.31. The lowest BCUT2D eigenvalue weighted by Gasteiger charge is -2.12. The van der Waals surface area contributed by atoms with Crippen LogP contribution in [-0.2, 0) is 0 Å². The van der Waals surface area contributed by atoms with Crippen molar-refractivity contribution in [2.45, 2.75) is 0 Å². The van der Waals surface area contributed by atoms with Gasteiger partial charge in [0.25, 0.3) is 0 Å². The number of hydrogen-bond donors (Lipinski definition) is 0. The maximum atomic E-state index is 9.45.